The smallest absolute Gasteiger partial charge is 0.345 e. The van der Waals surface area contributed by atoms with Gasteiger partial charge in [0.25, 0.3) is 0 Å². The molecule has 0 saturated carbocycles. The molecule has 5 nitrogen and oxygen atoms in total. The molecule has 0 unspecified atom stereocenters. The van der Waals surface area contributed by atoms with Gasteiger partial charge in [-0.3, -0.25) is 10.1 Å². The number of nitrogens with one attached hydrogen (secondary N) is 1. The number of hydrogen-bond donors (Lipinski definition) is 1. The number of benzene rings is 1. The maximum Gasteiger partial charge on any atom is 0.345 e. The van der Waals surface area contributed by atoms with Crippen LogP contribution in [0.4, 0.5) is 14.5 Å². The molecule has 1 aromatic heterocycles. The van der Waals surface area contributed by atoms with Crippen LogP contribution in [-0.4, -0.2) is 9.91 Å². The Morgan fingerprint density at radius 1 is 1.56 bits per heavy atom. The number of rotatable bonds is 4. The topological polar surface area (TPSA) is 68.1 Å². The second kappa shape index (κ2) is 5.40. The molecule has 0 atom stereocenters. The molecule has 8 heteroatoms. The lowest BCUT2D eigenvalue weighted by molar-refractivity contribution is -0.380. The highest BCUT2D eigenvalue weighted by Crippen LogP contribution is 2.25. The first-order chi connectivity index (χ1) is 8.56. The Kier molecular flexibility index (Phi) is 3.87. The highest BCUT2D eigenvalue weighted by Gasteiger charge is 2.11. The van der Waals surface area contributed by atoms with Gasteiger partial charge in [0.15, 0.2) is 5.13 Å². The molecule has 2 aromatic rings. The summed E-state index contributed by atoms with van der Waals surface area (Å²) < 4.78 is 14.2. The van der Waals surface area contributed by atoms with E-state index in [1.165, 1.54) is 12.3 Å². The summed E-state index contributed by atoms with van der Waals surface area (Å²) in [6, 6.07) is 4.60. The second-order valence-electron chi connectivity index (χ2n) is 3.35. The Labute approximate surface area is 114 Å². The van der Waals surface area contributed by atoms with Gasteiger partial charge < -0.3 is 5.32 Å². The molecule has 0 aliphatic heterocycles. The van der Waals surface area contributed by atoms with Crippen molar-refractivity contribution in [2.45, 2.75) is 6.54 Å². The molecule has 1 aromatic carbocycles. The Bertz CT molecular complexity index is 590. The summed E-state index contributed by atoms with van der Waals surface area (Å²) in [6.07, 6.45) is 1.17. The van der Waals surface area contributed by atoms with Crippen LogP contribution in [0.5, 0.6) is 0 Å². The molecule has 1 N–H and O–H groups in total. The van der Waals surface area contributed by atoms with Gasteiger partial charge in [-0.15, -0.1) is 0 Å². The third kappa shape index (κ3) is 3.02. The van der Waals surface area contributed by atoms with Crippen LogP contribution < -0.4 is 5.32 Å². The molecular weight excluding hydrogens is 325 g/mol. The lowest BCUT2D eigenvalue weighted by atomic mass is 10.2. The van der Waals surface area contributed by atoms with Gasteiger partial charge >= 0.3 is 5.00 Å². The molecule has 0 saturated heterocycles. The van der Waals surface area contributed by atoms with Crippen LogP contribution in [-0.2, 0) is 6.54 Å². The summed E-state index contributed by atoms with van der Waals surface area (Å²) in [7, 11) is 0. The van der Waals surface area contributed by atoms with Gasteiger partial charge in [0, 0.05) is 16.6 Å². The van der Waals surface area contributed by atoms with E-state index in [1.807, 2.05) is 0 Å². The number of aromatic nitrogens is 1. The fourth-order valence-corrected chi connectivity index (χ4v) is 2.32. The van der Waals surface area contributed by atoms with Crippen LogP contribution in [0.15, 0.2) is 28.9 Å². The monoisotopic (exact) mass is 331 g/mol. The van der Waals surface area contributed by atoms with Crippen LogP contribution >= 0.6 is 27.3 Å². The second-order valence-corrected chi connectivity index (χ2v) is 5.27. The van der Waals surface area contributed by atoms with Gasteiger partial charge in [0.05, 0.1) is 4.92 Å². The Morgan fingerprint density at radius 3 is 3.00 bits per heavy atom. The maximum absolute atomic E-state index is 13.4. The Morgan fingerprint density at radius 2 is 2.33 bits per heavy atom. The van der Waals surface area contributed by atoms with Gasteiger partial charge in [-0.2, -0.15) is 0 Å². The van der Waals surface area contributed by atoms with Crippen molar-refractivity contribution < 1.29 is 9.31 Å². The molecule has 0 aliphatic rings. The molecule has 0 amide bonds. The summed E-state index contributed by atoms with van der Waals surface area (Å²) in [6.45, 7) is 0.218. The first-order valence-electron chi connectivity index (χ1n) is 4.84. The summed E-state index contributed by atoms with van der Waals surface area (Å²) in [5.74, 6) is -0.336. The van der Waals surface area contributed by atoms with E-state index in [-0.39, 0.29) is 17.4 Å². The third-order valence-corrected chi connectivity index (χ3v) is 3.51. The fourth-order valence-electron chi connectivity index (χ4n) is 1.28. The number of thiazole rings is 1. The molecule has 2 rings (SSSR count). The van der Waals surface area contributed by atoms with E-state index >= 15 is 0 Å². The van der Waals surface area contributed by atoms with Crippen molar-refractivity contribution in [2.24, 2.45) is 0 Å². The van der Waals surface area contributed by atoms with Crippen molar-refractivity contribution in [3.05, 3.63) is 50.4 Å². The predicted molar refractivity (Wildman–Crippen MR) is 70.2 cm³/mol. The Hall–Kier alpha value is -1.54. The lowest BCUT2D eigenvalue weighted by Crippen LogP contribution is -2.01. The molecule has 0 bridgehead atoms. The number of nitro groups is 1. The van der Waals surface area contributed by atoms with E-state index in [1.54, 1.807) is 12.1 Å². The van der Waals surface area contributed by atoms with Crippen molar-refractivity contribution >= 4 is 37.4 Å². The van der Waals surface area contributed by atoms with E-state index in [4.69, 9.17) is 0 Å². The van der Waals surface area contributed by atoms with Gasteiger partial charge in [-0.1, -0.05) is 15.9 Å². The molecule has 0 radical (unpaired) electrons. The molecule has 0 fully saturated rings. The van der Waals surface area contributed by atoms with E-state index in [0.29, 0.717) is 10.7 Å². The summed E-state index contributed by atoms with van der Waals surface area (Å²) >= 11 is 4.16. The maximum atomic E-state index is 13.4. The largest absolute Gasteiger partial charge is 0.357 e. The predicted octanol–water partition coefficient (Wildman–Crippen LogP) is 3.57. The van der Waals surface area contributed by atoms with Crippen molar-refractivity contribution in [1.82, 2.24) is 4.98 Å². The van der Waals surface area contributed by atoms with Crippen LogP contribution in [0.25, 0.3) is 0 Å². The minimum atomic E-state index is -0.511. The molecule has 0 spiro atoms. The van der Waals surface area contributed by atoms with Crippen LogP contribution in [0.3, 0.4) is 0 Å². The number of hydrogen-bond acceptors (Lipinski definition) is 5. The van der Waals surface area contributed by atoms with Crippen molar-refractivity contribution in [3.8, 4) is 0 Å². The highest BCUT2D eigenvalue weighted by molar-refractivity contribution is 9.10. The minimum Gasteiger partial charge on any atom is -0.357 e. The van der Waals surface area contributed by atoms with Gasteiger partial charge in [-0.25, -0.2) is 9.37 Å². The van der Waals surface area contributed by atoms with Crippen LogP contribution in [0.1, 0.15) is 5.56 Å². The minimum absolute atomic E-state index is 0.0489. The van der Waals surface area contributed by atoms with E-state index in [0.717, 1.165) is 15.8 Å². The third-order valence-electron chi connectivity index (χ3n) is 2.11. The average molecular weight is 332 g/mol. The van der Waals surface area contributed by atoms with E-state index < -0.39 is 4.92 Å². The zero-order valence-electron chi connectivity index (χ0n) is 8.89. The molecule has 94 valence electrons. The van der Waals surface area contributed by atoms with Gasteiger partial charge in [0.1, 0.15) is 12.0 Å². The van der Waals surface area contributed by atoms with E-state index in [2.05, 4.69) is 26.2 Å². The van der Waals surface area contributed by atoms with Crippen LogP contribution in [0.2, 0.25) is 0 Å². The average Bonchev–Trinajstić information content (AvgIpc) is 2.79. The fraction of sp³-hybridized carbons (Fsp3) is 0.100. The highest BCUT2D eigenvalue weighted by atomic mass is 79.9. The SMILES string of the molecule is O=[N+]([O-])c1cnc(NCc2cc(Br)ccc2F)s1. The number of halogens is 2. The van der Waals surface area contributed by atoms with Crippen LogP contribution in [0, 0.1) is 15.9 Å². The number of nitrogens with zero attached hydrogens (tertiary/aromatic N) is 2. The summed E-state index contributed by atoms with van der Waals surface area (Å²) in [5.41, 5.74) is 0.460. The molecule has 18 heavy (non-hydrogen) atoms. The van der Waals surface area contributed by atoms with Crippen molar-refractivity contribution in [2.75, 3.05) is 5.32 Å². The van der Waals surface area contributed by atoms with Crippen molar-refractivity contribution in [3.63, 3.8) is 0 Å². The van der Waals surface area contributed by atoms with Crippen molar-refractivity contribution in [1.29, 1.82) is 0 Å². The zero-order chi connectivity index (χ0) is 13.1. The Balaban J connectivity index is 2.06. The summed E-state index contributed by atoms with van der Waals surface area (Å²) in [5, 5.41) is 13.7. The first-order valence-corrected chi connectivity index (χ1v) is 6.45. The first kappa shape index (κ1) is 12.9. The molecule has 1 heterocycles. The molecular formula is C10H7BrFN3O2S. The van der Waals surface area contributed by atoms with E-state index in [9.17, 15) is 14.5 Å². The summed E-state index contributed by atoms with van der Waals surface area (Å²) in [4.78, 5) is 13.8. The van der Waals surface area contributed by atoms with Gasteiger partial charge in [0.2, 0.25) is 0 Å². The lowest BCUT2D eigenvalue weighted by Gasteiger charge is -2.04. The quantitative estimate of drug-likeness (QED) is 0.687. The standard InChI is InChI=1S/C10H7BrFN3O2S/c11-7-1-2-8(12)6(3-7)4-13-10-14-5-9(18-10)15(16)17/h1-3,5H,4H2,(H,13,14). The number of anilines is 1. The van der Waals surface area contributed by atoms with Gasteiger partial charge in [-0.05, 0) is 29.5 Å². The zero-order valence-corrected chi connectivity index (χ0v) is 11.3. The molecule has 0 aliphatic carbocycles. The normalized spacial score (nSPS) is 10.3.